The zero-order valence-corrected chi connectivity index (χ0v) is 43.2. The van der Waals surface area contributed by atoms with E-state index in [0.29, 0.717) is 72.8 Å². The molecule has 2 aliphatic rings. The molecule has 4 aromatic rings. The van der Waals surface area contributed by atoms with Gasteiger partial charge in [-0.25, -0.2) is 0 Å². The minimum absolute atomic E-state index is 0.0406. The average Bonchev–Trinajstić information content (AvgIpc) is 3.64. The van der Waals surface area contributed by atoms with Gasteiger partial charge in [0.1, 0.15) is 11.4 Å². The van der Waals surface area contributed by atoms with Crippen LogP contribution in [0.4, 0.5) is 11.4 Å². The third-order valence-electron chi connectivity index (χ3n) is 13.0. The molecule has 5 N–H and O–H groups in total. The summed E-state index contributed by atoms with van der Waals surface area (Å²) in [6.45, 7) is 7.09. The number of unbranched alkanes of at least 4 members (excludes halogenated alkanes) is 2. The number of carbonyl (C=O) groups is 1. The molecule has 0 amide bonds. The van der Waals surface area contributed by atoms with Gasteiger partial charge in [-0.05, 0) is 123 Å². The molecular formula is C49H59N2O16S4+. The van der Waals surface area contributed by atoms with Gasteiger partial charge in [-0.3, -0.25) is 23.0 Å². The van der Waals surface area contributed by atoms with Crippen molar-refractivity contribution in [2.75, 3.05) is 51.2 Å². The van der Waals surface area contributed by atoms with E-state index < -0.39 is 72.8 Å². The molecule has 2 aliphatic heterocycles. The Morgan fingerprint density at radius 3 is 1.93 bits per heavy atom. The van der Waals surface area contributed by atoms with E-state index in [1.54, 1.807) is 50.5 Å². The molecule has 384 valence electrons. The fourth-order valence-electron chi connectivity index (χ4n) is 9.91. The average molecular weight is 1060 g/mol. The van der Waals surface area contributed by atoms with Gasteiger partial charge < -0.3 is 19.5 Å². The Balaban J connectivity index is 1.42. The number of hydrogen-bond acceptors (Lipinski definition) is 12. The summed E-state index contributed by atoms with van der Waals surface area (Å²) >= 11 is 0. The van der Waals surface area contributed by atoms with Crippen molar-refractivity contribution in [3.8, 4) is 0 Å². The van der Waals surface area contributed by atoms with E-state index in [0.717, 1.165) is 28.4 Å². The van der Waals surface area contributed by atoms with Crippen LogP contribution in [0.2, 0.25) is 0 Å². The van der Waals surface area contributed by atoms with Gasteiger partial charge in [-0.2, -0.15) is 38.2 Å². The van der Waals surface area contributed by atoms with E-state index >= 15 is 0 Å². The lowest BCUT2D eigenvalue weighted by Crippen LogP contribution is -2.31. The molecule has 0 saturated heterocycles. The first kappa shape index (κ1) is 55.2. The molecule has 1 unspecified atom stereocenters. The molecule has 0 radical (unpaired) electrons. The molecule has 2 heterocycles. The molecule has 0 saturated carbocycles. The minimum atomic E-state index is -5.04. The first-order valence-corrected chi connectivity index (χ1v) is 28.5. The second kappa shape index (κ2) is 21.5. The Kier molecular flexibility index (Phi) is 16.7. The quantitative estimate of drug-likeness (QED) is 0.0207. The molecular weight excluding hydrogens is 1000 g/mol. The maximum atomic E-state index is 12.7. The van der Waals surface area contributed by atoms with Crippen LogP contribution < -0.4 is 4.90 Å². The van der Waals surface area contributed by atoms with Gasteiger partial charge >= 0.3 is 5.97 Å². The van der Waals surface area contributed by atoms with Crippen LogP contribution in [0.3, 0.4) is 0 Å². The van der Waals surface area contributed by atoms with Crippen LogP contribution in [0.1, 0.15) is 76.0 Å². The van der Waals surface area contributed by atoms with Crippen LogP contribution in [0, 0.1) is 0 Å². The van der Waals surface area contributed by atoms with E-state index in [-0.39, 0.29) is 48.1 Å². The van der Waals surface area contributed by atoms with Crippen LogP contribution in [0.5, 0.6) is 0 Å². The highest BCUT2D eigenvalue weighted by Crippen LogP contribution is 2.54. The zero-order valence-electron chi connectivity index (χ0n) is 39.9. The normalized spacial score (nSPS) is 18.1. The van der Waals surface area contributed by atoms with Crippen molar-refractivity contribution < 1.29 is 75.8 Å². The first-order valence-electron chi connectivity index (χ1n) is 22.6. The summed E-state index contributed by atoms with van der Waals surface area (Å²) < 4.78 is 152. The van der Waals surface area contributed by atoms with Gasteiger partial charge in [-0.15, -0.1) is 0 Å². The molecule has 0 fully saturated rings. The number of benzene rings is 4. The number of carboxylic acids is 1. The van der Waals surface area contributed by atoms with Gasteiger partial charge in [-0.1, -0.05) is 36.4 Å². The van der Waals surface area contributed by atoms with Crippen molar-refractivity contribution >= 4 is 85.1 Å². The summed E-state index contributed by atoms with van der Waals surface area (Å²) in [6.07, 6.45) is 14.8. The summed E-state index contributed by atoms with van der Waals surface area (Å²) in [5.41, 5.74) is 2.82. The predicted octanol–water partition coefficient (Wildman–Crippen LogP) is 7.59. The maximum absolute atomic E-state index is 12.7. The van der Waals surface area contributed by atoms with Crippen LogP contribution in [-0.4, -0.2) is 120 Å². The lowest BCUT2D eigenvalue weighted by Gasteiger charge is -2.30. The van der Waals surface area contributed by atoms with Crippen LogP contribution in [-0.2, 0) is 72.0 Å². The summed E-state index contributed by atoms with van der Waals surface area (Å²) in [6, 6.07) is 11.6. The Morgan fingerprint density at radius 1 is 0.690 bits per heavy atom. The highest BCUT2D eigenvalue weighted by atomic mass is 32.2. The van der Waals surface area contributed by atoms with E-state index in [1.165, 1.54) is 25.3 Å². The van der Waals surface area contributed by atoms with E-state index in [2.05, 4.69) is 4.58 Å². The lowest BCUT2D eigenvalue weighted by molar-refractivity contribution is -0.438. The number of allylic oxidation sites excluding steroid dienone is 8. The van der Waals surface area contributed by atoms with E-state index in [4.69, 9.17) is 9.47 Å². The molecule has 6 rings (SSSR count). The standard InChI is InChI=1S/C49H58N2O16S4/c1-48(2)43(50(24-13-9-12-17-45(52)53)40-20-18-36-33(22-26-66-4)29-34(69(57,58)59)30-38(36)46(40)48)15-10-7-6-8-11-16-44-49(3,23-14-28-68(54,55)56)47-39-31-35(70(60,61)62)32-42(71(63,64)65)37(39)19-21-41(47)51(44)25-27-67-5/h6-8,10-11,15-16,18-21,29-32H,9,12-14,17,22-28H2,1-5H3,(H4-,52,53,54,55,56,57,58,59,60,61,62,63,64,65)/p+1. The topological polar surface area (TPSA) is 279 Å². The van der Waals surface area contributed by atoms with Crippen molar-refractivity contribution in [2.24, 2.45) is 0 Å². The van der Waals surface area contributed by atoms with Crippen molar-refractivity contribution in [3.63, 3.8) is 0 Å². The Hall–Kier alpha value is -5.14. The number of carboxylic acid groups (broad SMARTS) is 1. The van der Waals surface area contributed by atoms with Crippen molar-refractivity contribution in [3.05, 3.63) is 113 Å². The predicted molar refractivity (Wildman–Crippen MR) is 270 cm³/mol. The number of fused-ring (bicyclic) bond motifs is 6. The number of anilines is 1. The molecule has 0 aliphatic carbocycles. The van der Waals surface area contributed by atoms with Gasteiger partial charge in [0.05, 0.1) is 34.2 Å². The molecule has 71 heavy (non-hydrogen) atoms. The highest BCUT2D eigenvalue weighted by Gasteiger charge is 2.47. The van der Waals surface area contributed by atoms with Crippen molar-refractivity contribution in [2.45, 2.75) is 91.2 Å². The fraction of sp³-hybridized carbons (Fsp3) is 0.388. The Bertz CT molecular complexity index is 3380. The van der Waals surface area contributed by atoms with Gasteiger partial charge in [0, 0.05) is 73.5 Å². The second-order valence-corrected chi connectivity index (χ2v) is 24.0. The highest BCUT2D eigenvalue weighted by molar-refractivity contribution is 7.87. The molecule has 0 aromatic heterocycles. The first-order chi connectivity index (χ1) is 33.1. The van der Waals surface area contributed by atoms with Crippen LogP contribution >= 0.6 is 0 Å². The fourth-order valence-corrected chi connectivity index (χ4v) is 12.3. The number of ether oxygens (including phenoxy) is 2. The van der Waals surface area contributed by atoms with Crippen LogP contribution in [0.15, 0.2) is 111 Å². The third-order valence-corrected chi connectivity index (χ3v) is 16.4. The summed E-state index contributed by atoms with van der Waals surface area (Å²) in [4.78, 5) is 11.3. The smallest absolute Gasteiger partial charge is 0.303 e. The third kappa shape index (κ3) is 12.2. The van der Waals surface area contributed by atoms with E-state index in [9.17, 15) is 61.8 Å². The Labute approximate surface area is 414 Å². The van der Waals surface area contributed by atoms with Gasteiger partial charge in [0.2, 0.25) is 5.69 Å². The number of hydrogen-bond donors (Lipinski definition) is 5. The SMILES string of the molecule is COCCc1cc(S(=O)(=O)O)cc2c3c(ccc12)[N+](CCCCCC(=O)O)=C(/C=C/C=C/C=C/C=C1/N(CCOC)c2ccc4c(S(=O)(=O)O)cc(S(=O)(=O)O)cc4c2C1(C)CCCS(=O)(=O)O)C3(C)C. The summed E-state index contributed by atoms with van der Waals surface area (Å²) in [5.74, 6) is -1.50. The minimum Gasteiger partial charge on any atom is -0.481 e. The number of methoxy groups -OCH3 is 2. The summed E-state index contributed by atoms with van der Waals surface area (Å²) in [7, 11) is -16.0. The molecule has 0 spiro atoms. The summed E-state index contributed by atoms with van der Waals surface area (Å²) in [5, 5.41) is 10.7. The molecule has 0 bridgehead atoms. The second-order valence-electron chi connectivity index (χ2n) is 18.2. The number of rotatable bonds is 23. The number of aliphatic carboxylic acids is 1. The molecule has 22 heteroatoms. The van der Waals surface area contributed by atoms with Crippen molar-refractivity contribution in [1.29, 1.82) is 0 Å². The number of nitrogens with zero attached hydrogens (tertiary/aromatic N) is 2. The lowest BCUT2D eigenvalue weighted by atomic mass is 9.75. The maximum Gasteiger partial charge on any atom is 0.303 e. The Morgan fingerprint density at radius 2 is 1.31 bits per heavy atom. The van der Waals surface area contributed by atoms with Gasteiger partial charge in [0.15, 0.2) is 5.71 Å². The van der Waals surface area contributed by atoms with Crippen molar-refractivity contribution in [1.82, 2.24) is 0 Å². The monoisotopic (exact) mass is 1060 g/mol. The van der Waals surface area contributed by atoms with Crippen LogP contribution in [0.25, 0.3) is 21.5 Å². The van der Waals surface area contributed by atoms with Gasteiger partial charge in [0.25, 0.3) is 40.5 Å². The zero-order chi connectivity index (χ0) is 52.3. The molecule has 1 atom stereocenters. The molecule has 18 nitrogen and oxygen atoms in total. The molecule has 4 aromatic carbocycles. The van der Waals surface area contributed by atoms with E-state index in [1.807, 2.05) is 43.0 Å². The largest absolute Gasteiger partial charge is 0.481 e.